The molecule has 0 aliphatic heterocycles. The number of fused-ring (bicyclic) bond motifs is 1. The number of amides is 3. The topological polar surface area (TPSA) is 163 Å². The Labute approximate surface area is 222 Å². The number of benzene rings is 2. The number of primary amides is 1. The summed E-state index contributed by atoms with van der Waals surface area (Å²) in [6.07, 6.45) is 1.67. The van der Waals surface area contributed by atoms with Crippen LogP contribution in [0.2, 0.25) is 0 Å². The number of aromatic nitrogens is 2. The third-order valence-electron chi connectivity index (χ3n) is 5.76. The number of carbonyl (C=O) groups is 3. The van der Waals surface area contributed by atoms with Crippen molar-refractivity contribution >= 4 is 51.5 Å². The zero-order valence-corrected chi connectivity index (χ0v) is 21.5. The molecular formula is C26H26N6O5S. The normalized spacial score (nSPS) is 11.6. The van der Waals surface area contributed by atoms with Gasteiger partial charge in [0.05, 0.1) is 24.9 Å². The van der Waals surface area contributed by atoms with Gasteiger partial charge in [-0.3, -0.25) is 24.3 Å². The quantitative estimate of drug-likeness (QED) is 0.261. The maximum Gasteiger partial charge on any atom is 0.273 e. The fourth-order valence-corrected chi connectivity index (χ4v) is 4.68. The standard InChI is InChI=1S/C26H26N6O5S/c1-36-12-11-30-25(34)22(16-8-9-19-15(13-16)5-4-10-29-19)32(17-6-3-7-18(14-17)37-2)26(35)23-20(27)21(24(28)33)31-38-23/h3-10,13-14,22H,11-12,27H2,1-2H3,(H2,28,33)(H,30,34). The summed E-state index contributed by atoms with van der Waals surface area (Å²) in [7, 11) is 3.02. The van der Waals surface area contributed by atoms with Crippen LogP contribution in [0.5, 0.6) is 5.75 Å². The Morgan fingerprint density at radius 3 is 2.63 bits per heavy atom. The Bertz CT molecular complexity index is 1490. The third-order valence-corrected chi connectivity index (χ3v) is 6.61. The van der Waals surface area contributed by atoms with Gasteiger partial charge in [-0.1, -0.05) is 18.2 Å². The predicted octanol–water partition coefficient (Wildman–Crippen LogP) is 2.53. The van der Waals surface area contributed by atoms with E-state index >= 15 is 0 Å². The zero-order valence-electron chi connectivity index (χ0n) is 20.7. The van der Waals surface area contributed by atoms with E-state index in [1.165, 1.54) is 19.1 Å². The summed E-state index contributed by atoms with van der Waals surface area (Å²) < 4.78 is 14.4. The largest absolute Gasteiger partial charge is 0.497 e. The minimum absolute atomic E-state index is 0.0289. The monoisotopic (exact) mass is 534 g/mol. The van der Waals surface area contributed by atoms with Gasteiger partial charge in [0.25, 0.3) is 11.8 Å². The predicted molar refractivity (Wildman–Crippen MR) is 144 cm³/mol. The summed E-state index contributed by atoms with van der Waals surface area (Å²) >= 11 is 0.734. The first-order chi connectivity index (χ1) is 18.3. The average molecular weight is 535 g/mol. The fourth-order valence-electron chi connectivity index (χ4n) is 3.94. The second-order valence-corrected chi connectivity index (χ2v) is 8.93. The molecule has 2 aromatic heterocycles. The molecule has 196 valence electrons. The van der Waals surface area contributed by atoms with E-state index in [1.54, 1.807) is 54.7 Å². The van der Waals surface area contributed by atoms with Crippen molar-refractivity contribution in [2.24, 2.45) is 5.73 Å². The van der Waals surface area contributed by atoms with Crippen molar-refractivity contribution in [1.29, 1.82) is 0 Å². The van der Waals surface area contributed by atoms with E-state index in [0.717, 1.165) is 22.4 Å². The molecule has 0 saturated heterocycles. The van der Waals surface area contributed by atoms with Gasteiger partial charge in [0, 0.05) is 37.0 Å². The average Bonchev–Trinajstić information content (AvgIpc) is 3.32. The van der Waals surface area contributed by atoms with Gasteiger partial charge in [-0.2, -0.15) is 4.37 Å². The maximum atomic E-state index is 14.1. The number of rotatable bonds is 10. The highest BCUT2D eigenvalue weighted by atomic mass is 32.1. The lowest BCUT2D eigenvalue weighted by Crippen LogP contribution is -2.44. The van der Waals surface area contributed by atoms with Crippen molar-refractivity contribution < 1.29 is 23.9 Å². The number of hydrogen-bond donors (Lipinski definition) is 3. The van der Waals surface area contributed by atoms with Crippen LogP contribution >= 0.6 is 11.5 Å². The van der Waals surface area contributed by atoms with E-state index in [0.29, 0.717) is 17.0 Å². The first-order valence-electron chi connectivity index (χ1n) is 11.5. The Morgan fingerprint density at radius 2 is 1.92 bits per heavy atom. The smallest absolute Gasteiger partial charge is 0.273 e. The highest BCUT2D eigenvalue weighted by Gasteiger charge is 2.36. The second-order valence-electron chi connectivity index (χ2n) is 8.16. The van der Waals surface area contributed by atoms with Gasteiger partial charge in [0.2, 0.25) is 5.91 Å². The Morgan fingerprint density at radius 1 is 1.11 bits per heavy atom. The summed E-state index contributed by atoms with van der Waals surface area (Å²) in [4.78, 5) is 45.3. The molecule has 1 unspecified atom stereocenters. The number of carbonyl (C=O) groups excluding carboxylic acids is 3. The van der Waals surface area contributed by atoms with Crippen molar-refractivity contribution in [3.63, 3.8) is 0 Å². The molecule has 0 aliphatic carbocycles. The van der Waals surface area contributed by atoms with Crippen LogP contribution in [0.1, 0.15) is 31.8 Å². The van der Waals surface area contributed by atoms with Crippen molar-refractivity contribution in [3.8, 4) is 5.75 Å². The van der Waals surface area contributed by atoms with Crippen LogP contribution in [0.4, 0.5) is 11.4 Å². The lowest BCUT2D eigenvalue weighted by molar-refractivity contribution is -0.122. The number of nitrogens with zero attached hydrogens (tertiary/aromatic N) is 3. The number of nitrogens with one attached hydrogen (secondary N) is 1. The molecule has 0 saturated carbocycles. The highest BCUT2D eigenvalue weighted by Crippen LogP contribution is 2.35. The van der Waals surface area contributed by atoms with Crippen LogP contribution in [0.3, 0.4) is 0 Å². The molecule has 1 atom stereocenters. The molecule has 0 spiro atoms. The zero-order chi connectivity index (χ0) is 27.2. The molecule has 11 nitrogen and oxygen atoms in total. The number of pyridine rings is 1. The summed E-state index contributed by atoms with van der Waals surface area (Å²) in [5, 5.41) is 3.61. The first kappa shape index (κ1) is 26.5. The molecule has 0 fully saturated rings. The Hall–Kier alpha value is -4.55. The van der Waals surface area contributed by atoms with Crippen molar-refractivity contribution in [2.75, 3.05) is 38.0 Å². The van der Waals surface area contributed by atoms with E-state index in [1.807, 2.05) is 6.07 Å². The molecule has 3 amide bonds. The molecule has 4 rings (SSSR count). The van der Waals surface area contributed by atoms with Crippen molar-refractivity contribution in [1.82, 2.24) is 14.7 Å². The highest BCUT2D eigenvalue weighted by molar-refractivity contribution is 7.09. The van der Waals surface area contributed by atoms with Crippen LogP contribution in [0.25, 0.3) is 10.9 Å². The maximum absolute atomic E-state index is 14.1. The van der Waals surface area contributed by atoms with E-state index in [9.17, 15) is 14.4 Å². The minimum Gasteiger partial charge on any atom is -0.497 e. The van der Waals surface area contributed by atoms with E-state index in [4.69, 9.17) is 20.9 Å². The minimum atomic E-state index is -1.14. The van der Waals surface area contributed by atoms with E-state index in [-0.39, 0.29) is 29.4 Å². The van der Waals surface area contributed by atoms with Crippen molar-refractivity contribution in [3.05, 3.63) is 76.9 Å². The molecular weight excluding hydrogens is 508 g/mol. The van der Waals surface area contributed by atoms with Gasteiger partial charge in [-0.05, 0) is 47.4 Å². The summed E-state index contributed by atoms with van der Waals surface area (Å²) in [5.41, 5.74) is 12.7. The van der Waals surface area contributed by atoms with Crippen LogP contribution in [-0.2, 0) is 9.53 Å². The molecule has 5 N–H and O–H groups in total. The summed E-state index contributed by atoms with van der Waals surface area (Å²) in [6, 6.07) is 14.5. The van der Waals surface area contributed by atoms with Crippen LogP contribution < -0.4 is 26.4 Å². The molecule has 0 bridgehead atoms. The van der Waals surface area contributed by atoms with Gasteiger partial charge >= 0.3 is 0 Å². The molecule has 38 heavy (non-hydrogen) atoms. The Kier molecular flexibility index (Phi) is 8.14. The fraction of sp³-hybridized carbons (Fsp3) is 0.192. The van der Waals surface area contributed by atoms with Gasteiger partial charge in [-0.25, -0.2) is 0 Å². The molecule has 2 aromatic carbocycles. The molecule has 2 heterocycles. The second kappa shape index (κ2) is 11.7. The number of ether oxygens (including phenoxy) is 2. The van der Waals surface area contributed by atoms with Gasteiger partial charge in [0.1, 0.15) is 16.7 Å². The SMILES string of the molecule is COCCNC(=O)C(c1ccc2ncccc2c1)N(C(=O)c1snc(C(N)=O)c1N)c1cccc(OC)c1. The Balaban J connectivity index is 1.91. The first-order valence-corrected chi connectivity index (χ1v) is 12.3. The number of nitrogens with two attached hydrogens (primary N) is 2. The van der Waals surface area contributed by atoms with Gasteiger partial charge < -0.3 is 26.3 Å². The molecule has 4 aromatic rings. The number of hydrogen-bond acceptors (Lipinski definition) is 9. The molecule has 0 aliphatic rings. The molecule has 0 radical (unpaired) electrons. The van der Waals surface area contributed by atoms with Crippen molar-refractivity contribution in [2.45, 2.75) is 6.04 Å². The number of nitrogen functional groups attached to an aromatic ring is 1. The van der Waals surface area contributed by atoms with Crippen LogP contribution in [-0.4, -0.2) is 54.5 Å². The molecule has 12 heteroatoms. The summed E-state index contributed by atoms with van der Waals surface area (Å²) in [5.74, 6) is -1.49. The van der Waals surface area contributed by atoms with E-state index in [2.05, 4.69) is 14.7 Å². The van der Waals surface area contributed by atoms with Crippen LogP contribution in [0, 0.1) is 0 Å². The number of anilines is 2. The number of methoxy groups -OCH3 is 2. The van der Waals surface area contributed by atoms with E-state index < -0.39 is 23.8 Å². The van der Waals surface area contributed by atoms with Crippen LogP contribution in [0.15, 0.2) is 60.8 Å². The third kappa shape index (κ3) is 5.41. The lowest BCUT2D eigenvalue weighted by Gasteiger charge is -2.31. The van der Waals surface area contributed by atoms with Gasteiger partial charge in [-0.15, -0.1) is 0 Å². The van der Waals surface area contributed by atoms with Gasteiger partial charge in [0.15, 0.2) is 5.69 Å². The summed E-state index contributed by atoms with van der Waals surface area (Å²) in [6.45, 7) is 0.493. The lowest BCUT2D eigenvalue weighted by atomic mass is 10.00.